The van der Waals surface area contributed by atoms with E-state index in [2.05, 4.69) is 6.58 Å². The van der Waals surface area contributed by atoms with Gasteiger partial charge in [-0.05, 0) is 0 Å². The maximum atomic E-state index is 11.1. The SMILES string of the molecule is C=C/[N+](=C\C(C)=C/C)CC(P(=O)(O)O)[PH](O)(O)O. The standard InChI is InChI=1S/C9H19NO6P2/c1-4-8(3)6-10(5-2)7-9(17(11,12)13)18(14,15)16/h4-6,9,11-13,17H,2,7H2,1,3H3,(H-,14,15,16)/p+1/b8-4-,10-6+. The summed E-state index contributed by atoms with van der Waals surface area (Å²) in [6, 6.07) is 0. The maximum absolute atomic E-state index is 11.1. The van der Waals surface area contributed by atoms with Gasteiger partial charge in [-0.25, -0.2) is 0 Å². The van der Waals surface area contributed by atoms with Crippen LogP contribution in [0.15, 0.2) is 24.4 Å². The second kappa shape index (κ2) is 6.68. The van der Waals surface area contributed by atoms with Crippen LogP contribution in [0, 0.1) is 0 Å². The summed E-state index contributed by atoms with van der Waals surface area (Å²) in [5.74, 6) is 0. The van der Waals surface area contributed by atoms with Crippen molar-refractivity contribution in [2.75, 3.05) is 6.54 Å². The van der Waals surface area contributed by atoms with Crippen LogP contribution in [0.4, 0.5) is 0 Å². The van der Waals surface area contributed by atoms with Crippen LogP contribution in [0.3, 0.4) is 0 Å². The predicted octanol–water partition coefficient (Wildman–Crippen LogP) is 0.155. The summed E-state index contributed by atoms with van der Waals surface area (Å²) in [7, 11) is -9.79. The van der Waals surface area contributed by atoms with Crippen molar-refractivity contribution in [3.05, 3.63) is 24.4 Å². The Hall–Kier alpha value is -0.390. The molecular weight excluding hydrogens is 280 g/mol. The van der Waals surface area contributed by atoms with Gasteiger partial charge in [0, 0.05) is 0 Å². The summed E-state index contributed by atoms with van der Waals surface area (Å²) in [6.45, 7) is 6.54. The fraction of sp³-hybridized carbons (Fsp3) is 0.444. The first-order valence-electron chi connectivity index (χ1n) is 5.10. The van der Waals surface area contributed by atoms with Gasteiger partial charge >= 0.3 is 106 Å². The van der Waals surface area contributed by atoms with Crippen molar-refractivity contribution in [2.24, 2.45) is 0 Å². The third kappa shape index (κ3) is 5.98. The normalized spacial score (nSPS) is 17.5. The van der Waals surface area contributed by atoms with Crippen LogP contribution in [-0.2, 0) is 4.57 Å². The summed E-state index contributed by atoms with van der Waals surface area (Å²) in [4.78, 5) is 45.4. The van der Waals surface area contributed by atoms with Crippen molar-refractivity contribution >= 4 is 21.8 Å². The zero-order chi connectivity index (χ0) is 14.6. The first-order valence-corrected chi connectivity index (χ1v) is 8.70. The summed E-state index contributed by atoms with van der Waals surface area (Å²) >= 11 is 0. The van der Waals surface area contributed by atoms with Crippen LogP contribution in [0.25, 0.3) is 0 Å². The summed E-state index contributed by atoms with van der Waals surface area (Å²) in [5, 5.41) is -1.93. The van der Waals surface area contributed by atoms with Gasteiger partial charge in [0.1, 0.15) is 0 Å². The topological polar surface area (TPSA) is 121 Å². The third-order valence-electron chi connectivity index (χ3n) is 2.30. The molecular formula is C9H20NO6P2+. The number of allylic oxidation sites excluding steroid dienone is 2. The van der Waals surface area contributed by atoms with Gasteiger partial charge in [0.05, 0.1) is 0 Å². The van der Waals surface area contributed by atoms with Crippen LogP contribution in [0.1, 0.15) is 13.8 Å². The molecule has 5 N–H and O–H groups in total. The van der Waals surface area contributed by atoms with Gasteiger partial charge in [-0.15, -0.1) is 0 Å². The Morgan fingerprint density at radius 3 is 2.22 bits per heavy atom. The van der Waals surface area contributed by atoms with E-state index in [0.717, 1.165) is 5.57 Å². The molecule has 0 aliphatic heterocycles. The molecule has 0 heterocycles. The van der Waals surface area contributed by atoms with E-state index in [-0.39, 0.29) is 0 Å². The zero-order valence-electron chi connectivity index (χ0n) is 10.3. The average molecular weight is 300 g/mol. The van der Waals surface area contributed by atoms with Gasteiger partial charge in [-0.2, -0.15) is 0 Å². The zero-order valence-corrected chi connectivity index (χ0v) is 12.2. The van der Waals surface area contributed by atoms with Gasteiger partial charge < -0.3 is 0 Å². The van der Waals surface area contributed by atoms with Crippen molar-refractivity contribution in [1.29, 1.82) is 0 Å². The molecule has 9 heteroatoms. The fourth-order valence-electron chi connectivity index (χ4n) is 1.17. The molecule has 0 saturated carbocycles. The number of rotatable bonds is 6. The molecule has 0 radical (unpaired) electrons. The molecule has 0 amide bonds. The Bertz CT molecular complexity index is 406. The number of nitrogens with zero attached hydrogens (tertiary/aromatic N) is 1. The average Bonchev–Trinajstić information content (AvgIpc) is 2.19. The van der Waals surface area contributed by atoms with Crippen LogP contribution >= 0.6 is 15.5 Å². The fourth-order valence-corrected chi connectivity index (χ4v) is 3.83. The Morgan fingerprint density at radius 2 is 1.94 bits per heavy atom. The van der Waals surface area contributed by atoms with Gasteiger partial charge in [-0.1, -0.05) is 0 Å². The molecule has 0 aromatic rings. The van der Waals surface area contributed by atoms with Crippen molar-refractivity contribution in [3.8, 4) is 0 Å². The molecule has 1 unspecified atom stereocenters. The first kappa shape index (κ1) is 17.6. The van der Waals surface area contributed by atoms with E-state index < -0.39 is 27.5 Å². The van der Waals surface area contributed by atoms with E-state index in [0.29, 0.717) is 0 Å². The molecule has 0 aromatic heterocycles. The second-order valence-corrected chi connectivity index (χ2v) is 8.19. The Balaban J connectivity index is 5.29. The van der Waals surface area contributed by atoms with E-state index in [1.165, 1.54) is 17.0 Å². The molecule has 0 fully saturated rings. The molecule has 7 nitrogen and oxygen atoms in total. The molecule has 0 rings (SSSR count). The monoisotopic (exact) mass is 300 g/mol. The number of hydrogen-bond donors (Lipinski definition) is 5. The molecule has 0 aromatic carbocycles. The third-order valence-corrected chi connectivity index (χ3v) is 6.40. The van der Waals surface area contributed by atoms with E-state index in [1.54, 1.807) is 19.9 Å². The quantitative estimate of drug-likeness (QED) is 0.270. The van der Waals surface area contributed by atoms with Crippen molar-refractivity contribution in [2.45, 2.75) is 19.2 Å². The molecule has 0 spiro atoms. The van der Waals surface area contributed by atoms with Crippen LogP contribution < -0.4 is 0 Å². The van der Waals surface area contributed by atoms with E-state index in [9.17, 15) is 4.57 Å². The van der Waals surface area contributed by atoms with Gasteiger partial charge in [0.15, 0.2) is 0 Å². The molecule has 106 valence electrons. The second-order valence-electron chi connectivity index (χ2n) is 3.83. The summed E-state index contributed by atoms with van der Waals surface area (Å²) < 4.78 is 12.4. The number of hydrogen-bond acceptors (Lipinski definition) is 4. The predicted molar refractivity (Wildman–Crippen MR) is 71.6 cm³/mol. The van der Waals surface area contributed by atoms with Crippen LogP contribution in [0.2, 0.25) is 0 Å². The molecule has 0 bridgehead atoms. The van der Waals surface area contributed by atoms with E-state index >= 15 is 0 Å². The van der Waals surface area contributed by atoms with E-state index in [1.807, 2.05) is 0 Å². The minimum atomic E-state index is -4.95. The first-order chi connectivity index (χ1) is 8.02. The molecule has 0 aliphatic rings. The van der Waals surface area contributed by atoms with Gasteiger partial charge in [0.25, 0.3) is 0 Å². The minimum absolute atomic E-state index is 0.436. The van der Waals surface area contributed by atoms with E-state index in [4.69, 9.17) is 24.5 Å². The Labute approximate surface area is 106 Å². The van der Waals surface area contributed by atoms with Crippen LogP contribution in [0.5, 0.6) is 0 Å². The van der Waals surface area contributed by atoms with Gasteiger partial charge in [0.2, 0.25) is 0 Å². The summed E-state index contributed by atoms with van der Waals surface area (Å²) in [5.41, 5.74) is 0.792. The van der Waals surface area contributed by atoms with Crippen molar-refractivity contribution < 1.29 is 33.6 Å². The van der Waals surface area contributed by atoms with Crippen molar-refractivity contribution in [1.82, 2.24) is 0 Å². The molecule has 0 saturated heterocycles. The van der Waals surface area contributed by atoms with Crippen LogP contribution in [-0.4, -0.2) is 47.2 Å². The molecule has 1 atom stereocenters. The van der Waals surface area contributed by atoms with Gasteiger partial charge in [-0.3, -0.25) is 0 Å². The Morgan fingerprint density at radius 1 is 1.44 bits per heavy atom. The Kier molecular flexibility index (Phi) is 6.54. The van der Waals surface area contributed by atoms with Crippen molar-refractivity contribution in [3.63, 3.8) is 0 Å². The molecule has 0 aliphatic carbocycles. The summed E-state index contributed by atoms with van der Waals surface area (Å²) in [6.07, 6.45) is 4.55. The molecule has 18 heavy (non-hydrogen) atoms.